The number of hydrogen-bond acceptors (Lipinski definition) is 6. The van der Waals surface area contributed by atoms with Crippen LogP contribution in [0.4, 0.5) is 0 Å². The topological polar surface area (TPSA) is 95.6 Å². The Balaban J connectivity index is 1.39. The Kier molecular flexibility index (Phi) is 7.47. The van der Waals surface area contributed by atoms with Crippen molar-refractivity contribution in [2.45, 2.75) is 39.8 Å². The summed E-state index contributed by atoms with van der Waals surface area (Å²) < 4.78 is 18.1. The Bertz CT molecular complexity index is 1390. The molecule has 2 aromatic heterocycles. The van der Waals surface area contributed by atoms with Crippen molar-refractivity contribution in [3.63, 3.8) is 0 Å². The van der Waals surface area contributed by atoms with Crippen molar-refractivity contribution >= 4 is 11.9 Å². The summed E-state index contributed by atoms with van der Waals surface area (Å²) in [7, 11) is 1.81. The number of nitrogens with one attached hydrogen (secondary N) is 1. The first-order valence-electron chi connectivity index (χ1n) is 12.1. The van der Waals surface area contributed by atoms with E-state index >= 15 is 0 Å². The smallest absolute Gasteiger partial charge is 0.349 e. The van der Waals surface area contributed by atoms with E-state index in [1.165, 1.54) is 0 Å². The maximum absolute atomic E-state index is 12.8. The van der Waals surface area contributed by atoms with Gasteiger partial charge in [0, 0.05) is 19.2 Å². The van der Waals surface area contributed by atoms with E-state index in [0.29, 0.717) is 24.6 Å². The summed E-state index contributed by atoms with van der Waals surface area (Å²) in [6.45, 7) is 7.61. The number of carbonyl (C=O) groups excluding carboxylic acids is 2. The second-order valence-corrected chi connectivity index (χ2v) is 9.21. The number of aryl methyl sites for hydroxylation is 2. The van der Waals surface area contributed by atoms with Gasteiger partial charge in [-0.2, -0.15) is 5.10 Å². The molecule has 192 valence electrons. The maximum atomic E-state index is 12.8. The van der Waals surface area contributed by atoms with E-state index in [-0.39, 0.29) is 5.91 Å². The molecule has 0 radical (unpaired) electrons. The van der Waals surface area contributed by atoms with Gasteiger partial charge in [0.25, 0.3) is 5.91 Å². The predicted octanol–water partition coefficient (Wildman–Crippen LogP) is 5.31. The van der Waals surface area contributed by atoms with Crippen molar-refractivity contribution in [1.82, 2.24) is 15.1 Å². The lowest BCUT2D eigenvalue weighted by molar-refractivity contribution is -0.158. The van der Waals surface area contributed by atoms with Crippen LogP contribution in [0.1, 0.15) is 42.4 Å². The molecule has 37 heavy (non-hydrogen) atoms. The van der Waals surface area contributed by atoms with E-state index in [4.69, 9.17) is 13.9 Å². The van der Waals surface area contributed by atoms with Crippen molar-refractivity contribution in [3.05, 3.63) is 83.7 Å². The van der Waals surface area contributed by atoms with E-state index < -0.39 is 11.6 Å². The van der Waals surface area contributed by atoms with E-state index in [0.717, 1.165) is 33.7 Å². The number of amides is 1. The van der Waals surface area contributed by atoms with Crippen LogP contribution in [0.3, 0.4) is 0 Å². The van der Waals surface area contributed by atoms with Gasteiger partial charge in [-0.3, -0.25) is 9.48 Å². The minimum atomic E-state index is -1.10. The quantitative estimate of drug-likeness (QED) is 0.313. The Morgan fingerprint density at radius 3 is 2.43 bits per heavy atom. The van der Waals surface area contributed by atoms with Crippen molar-refractivity contribution < 1.29 is 23.5 Å². The molecule has 2 heterocycles. The summed E-state index contributed by atoms with van der Waals surface area (Å²) >= 11 is 0. The standard InChI is InChI=1S/C29H31N3O5/c1-6-35-28(34)29(3,4)37-25-14-9-20(16-19(25)2)18-30-27(33)23-17-24(32(5)31-23)21-10-12-22(13-11-21)26-8-7-15-36-26/h7-17H,6,18H2,1-5H3,(H,30,33). The summed E-state index contributed by atoms with van der Waals surface area (Å²) in [4.78, 5) is 25.0. The van der Waals surface area contributed by atoms with Gasteiger partial charge in [-0.05, 0) is 68.7 Å². The molecule has 0 aliphatic carbocycles. The first kappa shape index (κ1) is 25.8. The molecule has 0 unspecified atom stereocenters. The molecule has 8 nitrogen and oxygen atoms in total. The lowest BCUT2D eigenvalue weighted by atomic mass is 10.1. The summed E-state index contributed by atoms with van der Waals surface area (Å²) in [5.74, 6) is 0.694. The highest BCUT2D eigenvalue weighted by molar-refractivity contribution is 5.93. The molecule has 0 saturated heterocycles. The third-order valence-electron chi connectivity index (χ3n) is 5.92. The number of rotatable bonds is 9. The third-order valence-corrected chi connectivity index (χ3v) is 5.92. The zero-order valence-electron chi connectivity index (χ0n) is 21.7. The van der Waals surface area contributed by atoms with E-state index in [1.54, 1.807) is 43.8 Å². The Labute approximate surface area is 216 Å². The first-order valence-corrected chi connectivity index (χ1v) is 12.1. The molecule has 0 aliphatic rings. The number of nitrogens with zero attached hydrogens (tertiary/aromatic N) is 2. The normalized spacial score (nSPS) is 11.3. The average Bonchev–Trinajstić information content (AvgIpc) is 3.54. The molecular formula is C29H31N3O5. The highest BCUT2D eigenvalue weighted by Crippen LogP contribution is 2.26. The summed E-state index contributed by atoms with van der Waals surface area (Å²) in [6, 6.07) is 19.0. The van der Waals surface area contributed by atoms with E-state index in [1.807, 2.05) is 62.5 Å². The number of benzene rings is 2. The number of ether oxygens (including phenoxy) is 2. The van der Waals surface area contributed by atoms with Gasteiger partial charge in [-0.25, -0.2) is 4.79 Å². The van der Waals surface area contributed by atoms with Crippen LogP contribution in [0, 0.1) is 6.92 Å². The molecule has 1 amide bonds. The highest BCUT2D eigenvalue weighted by atomic mass is 16.6. The second-order valence-electron chi connectivity index (χ2n) is 9.21. The fourth-order valence-corrected chi connectivity index (χ4v) is 3.93. The Hall–Kier alpha value is -4.33. The molecule has 0 atom stereocenters. The molecule has 0 saturated carbocycles. The first-order chi connectivity index (χ1) is 17.7. The molecule has 0 bridgehead atoms. The fourth-order valence-electron chi connectivity index (χ4n) is 3.93. The van der Waals surface area contributed by atoms with E-state index in [2.05, 4.69) is 10.4 Å². The molecule has 0 spiro atoms. The highest BCUT2D eigenvalue weighted by Gasteiger charge is 2.32. The molecule has 2 aromatic carbocycles. The van der Waals surface area contributed by atoms with Crippen LogP contribution in [0.5, 0.6) is 5.75 Å². The van der Waals surface area contributed by atoms with Gasteiger partial charge >= 0.3 is 5.97 Å². The van der Waals surface area contributed by atoms with Crippen LogP contribution < -0.4 is 10.1 Å². The third kappa shape index (κ3) is 5.91. The minimum absolute atomic E-state index is 0.268. The zero-order valence-corrected chi connectivity index (χ0v) is 21.7. The molecular weight excluding hydrogens is 470 g/mol. The molecule has 4 aromatic rings. The van der Waals surface area contributed by atoms with Crippen molar-refractivity contribution in [2.24, 2.45) is 7.05 Å². The molecule has 8 heteroatoms. The second kappa shape index (κ2) is 10.7. The average molecular weight is 502 g/mol. The number of esters is 1. The molecule has 4 rings (SSSR count). The molecule has 0 fully saturated rings. The van der Waals surface area contributed by atoms with Crippen molar-refractivity contribution in [2.75, 3.05) is 6.61 Å². The molecule has 0 aliphatic heterocycles. The van der Waals surface area contributed by atoms with Crippen LogP contribution in [0.25, 0.3) is 22.6 Å². The van der Waals surface area contributed by atoms with Gasteiger partial charge in [-0.1, -0.05) is 36.4 Å². The van der Waals surface area contributed by atoms with Crippen LogP contribution in [0.2, 0.25) is 0 Å². The predicted molar refractivity (Wildman–Crippen MR) is 140 cm³/mol. The largest absolute Gasteiger partial charge is 0.476 e. The van der Waals surface area contributed by atoms with E-state index in [9.17, 15) is 9.59 Å². The number of furan rings is 1. The minimum Gasteiger partial charge on any atom is -0.476 e. The zero-order chi connectivity index (χ0) is 26.6. The summed E-state index contributed by atoms with van der Waals surface area (Å²) in [5, 5.41) is 7.32. The lowest BCUT2D eigenvalue weighted by Gasteiger charge is -2.25. The number of aromatic nitrogens is 2. The van der Waals surface area contributed by atoms with Crippen LogP contribution in [-0.4, -0.2) is 33.9 Å². The van der Waals surface area contributed by atoms with Gasteiger partial charge in [0.1, 0.15) is 11.5 Å². The van der Waals surface area contributed by atoms with Gasteiger partial charge in [0.05, 0.1) is 18.6 Å². The number of carbonyl (C=O) groups is 2. The van der Waals surface area contributed by atoms with Crippen molar-refractivity contribution in [3.8, 4) is 28.3 Å². The van der Waals surface area contributed by atoms with Crippen LogP contribution >= 0.6 is 0 Å². The van der Waals surface area contributed by atoms with Gasteiger partial charge in [0.15, 0.2) is 11.3 Å². The maximum Gasteiger partial charge on any atom is 0.349 e. The Morgan fingerprint density at radius 1 is 1.05 bits per heavy atom. The van der Waals surface area contributed by atoms with Crippen LogP contribution in [0.15, 0.2) is 71.3 Å². The SMILES string of the molecule is CCOC(=O)C(C)(C)Oc1ccc(CNC(=O)c2cc(-c3ccc(-c4ccco4)cc3)n(C)n2)cc1C. The lowest BCUT2D eigenvalue weighted by Crippen LogP contribution is -2.39. The van der Waals surface area contributed by atoms with Gasteiger partial charge in [0.2, 0.25) is 0 Å². The monoisotopic (exact) mass is 501 g/mol. The Morgan fingerprint density at radius 2 is 1.78 bits per heavy atom. The molecule has 1 N–H and O–H groups in total. The van der Waals surface area contributed by atoms with Gasteiger partial charge in [-0.15, -0.1) is 0 Å². The fraction of sp³-hybridized carbons (Fsp3) is 0.276. The summed E-state index contributed by atoms with van der Waals surface area (Å²) in [6.07, 6.45) is 1.64. The summed E-state index contributed by atoms with van der Waals surface area (Å²) in [5.41, 5.74) is 3.73. The van der Waals surface area contributed by atoms with Crippen molar-refractivity contribution in [1.29, 1.82) is 0 Å². The number of hydrogen-bond donors (Lipinski definition) is 1. The van der Waals surface area contributed by atoms with Gasteiger partial charge < -0.3 is 19.2 Å². The van der Waals surface area contributed by atoms with Crippen LogP contribution in [-0.2, 0) is 23.1 Å².